The highest BCUT2D eigenvalue weighted by Gasteiger charge is 2.36. The topological polar surface area (TPSA) is 104 Å². The van der Waals surface area contributed by atoms with E-state index in [2.05, 4.69) is 29.8 Å². The van der Waals surface area contributed by atoms with Crippen molar-refractivity contribution in [2.75, 3.05) is 5.75 Å². The highest BCUT2D eigenvalue weighted by molar-refractivity contribution is 7.91. The second-order valence-corrected chi connectivity index (χ2v) is 12.5. The van der Waals surface area contributed by atoms with E-state index in [0.29, 0.717) is 18.0 Å². The molecule has 3 aromatic rings. The molecule has 3 heterocycles. The van der Waals surface area contributed by atoms with Crippen LogP contribution in [0, 0.1) is 17.2 Å². The molecule has 0 amide bonds. The predicted octanol–water partition coefficient (Wildman–Crippen LogP) is 4.27. The molecule has 7 nitrogen and oxygen atoms in total. The Labute approximate surface area is 210 Å². The molecule has 0 unspecified atom stereocenters. The molecule has 0 saturated carbocycles. The van der Waals surface area contributed by atoms with Crippen LogP contribution in [0.25, 0.3) is 0 Å². The van der Waals surface area contributed by atoms with Crippen LogP contribution in [0.4, 0.5) is 0 Å². The molecule has 1 atom stereocenters. The lowest BCUT2D eigenvalue weighted by molar-refractivity contribution is -0.117. The zero-order valence-electron chi connectivity index (χ0n) is 20.1. The second-order valence-electron chi connectivity index (χ2n) is 9.10. The SMILES string of the molecule is CCS(=O)(=O)c1ccc(CC(=O)Cc2nc3c(s2)CN(Cc2ccc(C#N)cn2)[C@@H]3C(C)C)cc1. The van der Waals surface area contributed by atoms with Gasteiger partial charge in [0.05, 0.1) is 40.1 Å². The van der Waals surface area contributed by atoms with E-state index in [0.717, 1.165) is 28.5 Å². The molecule has 0 N–H and O–H groups in total. The summed E-state index contributed by atoms with van der Waals surface area (Å²) < 4.78 is 24.0. The minimum Gasteiger partial charge on any atom is -0.299 e. The zero-order valence-corrected chi connectivity index (χ0v) is 21.7. The van der Waals surface area contributed by atoms with E-state index in [4.69, 9.17) is 10.2 Å². The fourth-order valence-corrected chi connectivity index (χ4v) is 6.46. The predicted molar refractivity (Wildman–Crippen MR) is 134 cm³/mol. The summed E-state index contributed by atoms with van der Waals surface area (Å²) in [5.74, 6) is 0.458. The summed E-state index contributed by atoms with van der Waals surface area (Å²) >= 11 is 1.59. The van der Waals surface area contributed by atoms with Crippen molar-refractivity contribution in [2.24, 2.45) is 5.92 Å². The van der Waals surface area contributed by atoms with Gasteiger partial charge >= 0.3 is 0 Å². The number of Topliss-reactive ketones (excluding diaryl/α,β-unsaturated/α-hetero) is 1. The summed E-state index contributed by atoms with van der Waals surface area (Å²) in [5, 5.41) is 9.81. The van der Waals surface area contributed by atoms with Gasteiger partial charge < -0.3 is 0 Å². The van der Waals surface area contributed by atoms with Crippen molar-refractivity contribution < 1.29 is 13.2 Å². The third kappa shape index (κ3) is 5.67. The van der Waals surface area contributed by atoms with Gasteiger partial charge in [-0.2, -0.15) is 5.26 Å². The van der Waals surface area contributed by atoms with Gasteiger partial charge in [0.15, 0.2) is 9.84 Å². The number of nitriles is 1. The van der Waals surface area contributed by atoms with Crippen molar-refractivity contribution in [1.29, 1.82) is 5.26 Å². The van der Waals surface area contributed by atoms with Gasteiger partial charge in [-0.1, -0.05) is 32.9 Å². The lowest BCUT2D eigenvalue weighted by atomic mass is 10.0. The van der Waals surface area contributed by atoms with E-state index < -0.39 is 9.84 Å². The molecular formula is C26H28N4O3S2. The first-order chi connectivity index (χ1) is 16.7. The Morgan fingerprint density at radius 3 is 2.54 bits per heavy atom. The molecule has 0 fully saturated rings. The largest absolute Gasteiger partial charge is 0.299 e. The summed E-state index contributed by atoms with van der Waals surface area (Å²) in [6.07, 6.45) is 2.12. The van der Waals surface area contributed by atoms with Gasteiger partial charge in [0.25, 0.3) is 0 Å². The van der Waals surface area contributed by atoms with Gasteiger partial charge in [-0.05, 0) is 35.7 Å². The standard InChI is InChI=1S/C26H28N4O3S2/c1-4-35(32,33)22-9-6-18(7-10-22)11-21(31)12-24-29-25-23(34-24)16-30(26(25)17(2)3)15-20-8-5-19(13-27)14-28-20/h5-10,14,17,26H,4,11-12,15-16H2,1-3H3/t26-/m1/s1. The second kappa shape index (κ2) is 10.4. The van der Waals surface area contributed by atoms with Gasteiger partial charge in [0.1, 0.15) is 16.9 Å². The first-order valence-electron chi connectivity index (χ1n) is 11.6. The Hall–Kier alpha value is -2.93. The Balaban J connectivity index is 1.41. The first-order valence-corrected chi connectivity index (χ1v) is 14.1. The molecule has 0 radical (unpaired) electrons. The van der Waals surface area contributed by atoms with Crippen molar-refractivity contribution in [1.82, 2.24) is 14.9 Å². The average molecular weight is 509 g/mol. The Morgan fingerprint density at radius 1 is 1.20 bits per heavy atom. The number of hydrogen-bond acceptors (Lipinski definition) is 8. The summed E-state index contributed by atoms with van der Waals surface area (Å²) in [6, 6.07) is 12.5. The highest BCUT2D eigenvalue weighted by Crippen LogP contribution is 2.41. The first kappa shape index (κ1) is 25.2. The normalized spacial score (nSPS) is 15.8. The van der Waals surface area contributed by atoms with Crippen molar-refractivity contribution in [2.45, 2.75) is 57.6 Å². The summed E-state index contributed by atoms with van der Waals surface area (Å²) in [5.41, 5.74) is 3.32. The van der Waals surface area contributed by atoms with Crippen LogP contribution in [0.2, 0.25) is 0 Å². The number of benzene rings is 1. The van der Waals surface area contributed by atoms with E-state index in [1.54, 1.807) is 54.8 Å². The van der Waals surface area contributed by atoms with Crippen molar-refractivity contribution in [3.05, 3.63) is 75.0 Å². The van der Waals surface area contributed by atoms with Crippen LogP contribution < -0.4 is 0 Å². The molecule has 1 aliphatic rings. The fourth-order valence-electron chi connectivity index (χ4n) is 4.41. The number of hydrogen-bond donors (Lipinski definition) is 0. The lowest BCUT2D eigenvalue weighted by Crippen LogP contribution is -2.26. The van der Waals surface area contributed by atoms with Crippen molar-refractivity contribution >= 4 is 27.0 Å². The number of nitrogens with zero attached hydrogens (tertiary/aromatic N) is 4. The summed E-state index contributed by atoms with van der Waals surface area (Å²) in [7, 11) is -3.24. The van der Waals surface area contributed by atoms with Crippen LogP contribution >= 0.6 is 11.3 Å². The van der Waals surface area contributed by atoms with Gasteiger partial charge in [-0.25, -0.2) is 13.4 Å². The maximum atomic E-state index is 12.7. The van der Waals surface area contributed by atoms with E-state index in [1.165, 1.54) is 4.88 Å². The number of pyridine rings is 1. The Morgan fingerprint density at radius 2 is 1.94 bits per heavy atom. The molecule has 182 valence electrons. The number of rotatable bonds is 9. The molecule has 9 heteroatoms. The molecule has 0 saturated heterocycles. The summed E-state index contributed by atoms with van der Waals surface area (Å²) in [4.78, 5) is 25.8. The van der Waals surface area contributed by atoms with E-state index >= 15 is 0 Å². The van der Waals surface area contributed by atoms with Crippen LogP contribution in [-0.4, -0.2) is 34.8 Å². The summed E-state index contributed by atoms with van der Waals surface area (Å²) in [6.45, 7) is 7.40. The molecule has 2 aromatic heterocycles. The maximum Gasteiger partial charge on any atom is 0.178 e. The number of thiazole rings is 1. The molecule has 0 spiro atoms. The highest BCUT2D eigenvalue weighted by atomic mass is 32.2. The number of ketones is 1. The van der Waals surface area contributed by atoms with Crippen LogP contribution in [-0.2, 0) is 40.6 Å². The third-order valence-electron chi connectivity index (χ3n) is 6.15. The van der Waals surface area contributed by atoms with Crippen LogP contribution in [0.15, 0.2) is 47.5 Å². The number of carbonyl (C=O) groups excluding carboxylic acids is 1. The molecule has 1 aromatic carbocycles. The van der Waals surface area contributed by atoms with Crippen LogP contribution in [0.5, 0.6) is 0 Å². The number of carbonyl (C=O) groups is 1. The fraction of sp³-hybridized carbons (Fsp3) is 0.385. The molecular weight excluding hydrogens is 480 g/mol. The quantitative estimate of drug-likeness (QED) is 0.425. The van der Waals surface area contributed by atoms with Gasteiger partial charge in [-0.15, -0.1) is 11.3 Å². The maximum absolute atomic E-state index is 12.7. The minimum absolute atomic E-state index is 0.0543. The minimum atomic E-state index is -3.24. The third-order valence-corrected chi connectivity index (χ3v) is 8.96. The molecule has 0 aliphatic carbocycles. The average Bonchev–Trinajstić information content (AvgIpc) is 3.36. The molecule has 0 bridgehead atoms. The van der Waals surface area contributed by atoms with Crippen LogP contribution in [0.3, 0.4) is 0 Å². The molecule has 1 aliphatic heterocycles. The zero-order chi connectivity index (χ0) is 25.2. The Bertz CT molecular complexity index is 1360. The van der Waals surface area contributed by atoms with Crippen LogP contribution in [0.1, 0.15) is 59.2 Å². The Kier molecular flexibility index (Phi) is 7.45. The molecule has 4 rings (SSSR count). The van der Waals surface area contributed by atoms with E-state index in [9.17, 15) is 13.2 Å². The number of fused-ring (bicyclic) bond motifs is 1. The van der Waals surface area contributed by atoms with Gasteiger partial charge in [-0.3, -0.25) is 14.7 Å². The van der Waals surface area contributed by atoms with E-state index in [1.807, 2.05) is 6.07 Å². The lowest BCUT2D eigenvalue weighted by Gasteiger charge is -2.27. The molecule has 35 heavy (non-hydrogen) atoms. The monoisotopic (exact) mass is 508 g/mol. The van der Waals surface area contributed by atoms with Gasteiger partial charge in [0, 0.05) is 30.6 Å². The van der Waals surface area contributed by atoms with Crippen molar-refractivity contribution in [3.63, 3.8) is 0 Å². The smallest absolute Gasteiger partial charge is 0.178 e. The van der Waals surface area contributed by atoms with Gasteiger partial charge in [0.2, 0.25) is 0 Å². The number of aromatic nitrogens is 2. The number of sulfone groups is 1. The van der Waals surface area contributed by atoms with E-state index in [-0.39, 0.29) is 35.3 Å². The van der Waals surface area contributed by atoms with Crippen molar-refractivity contribution in [3.8, 4) is 6.07 Å².